The molecule has 0 fully saturated rings. The number of hydrogen-bond donors (Lipinski definition) is 1. The zero-order chi connectivity index (χ0) is 13.1. The molecule has 2 N–H and O–H groups in total. The standard InChI is InChI=1S/C12H8FN5/c13-9-1-8(4-14)2-10(3-9)18-7-17-11(5-15)12(18)6-16/h1-3,7H,4,14H2. The van der Waals surface area contributed by atoms with E-state index in [0.29, 0.717) is 11.3 Å². The first-order valence-corrected chi connectivity index (χ1v) is 5.07. The molecule has 2 rings (SSSR count). The summed E-state index contributed by atoms with van der Waals surface area (Å²) >= 11 is 0. The molecule has 0 aliphatic heterocycles. The lowest BCUT2D eigenvalue weighted by atomic mass is 10.2. The molecular weight excluding hydrogens is 233 g/mol. The highest BCUT2D eigenvalue weighted by molar-refractivity contribution is 5.45. The van der Waals surface area contributed by atoms with Crippen molar-refractivity contribution in [2.24, 2.45) is 5.73 Å². The number of nitriles is 2. The molecule has 0 aliphatic rings. The minimum Gasteiger partial charge on any atom is -0.326 e. The fraction of sp³-hybridized carbons (Fsp3) is 0.0833. The predicted molar refractivity (Wildman–Crippen MR) is 60.8 cm³/mol. The summed E-state index contributed by atoms with van der Waals surface area (Å²) in [5.74, 6) is -0.455. The Bertz CT molecular complexity index is 675. The van der Waals surface area contributed by atoms with Gasteiger partial charge in [0.15, 0.2) is 11.4 Å². The highest BCUT2D eigenvalue weighted by atomic mass is 19.1. The third-order valence-electron chi connectivity index (χ3n) is 2.44. The van der Waals surface area contributed by atoms with Crippen molar-refractivity contribution < 1.29 is 4.39 Å². The maximum atomic E-state index is 13.4. The van der Waals surface area contributed by atoms with Gasteiger partial charge in [-0.1, -0.05) is 0 Å². The Morgan fingerprint density at radius 1 is 1.28 bits per heavy atom. The summed E-state index contributed by atoms with van der Waals surface area (Å²) in [6, 6.07) is 7.90. The van der Waals surface area contributed by atoms with Crippen molar-refractivity contribution in [2.45, 2.75) is 6.54 Å². The predicted octanol–water partition coefficient (Wildman–Crippen LogP) is 1.21. The minimum absolute atomic E-state index is 0.0102. The van der Waals surface area contributed by atoms with E-state index in [1.165, 1.54) is 23.0 Å². The van der Waals surface area contributed by atoms with Crippen molar-refractivity contribution in [1.82, 2.24) is 9.55 Å². The number of hydrogen-bond acceptors (Lipinski definition) is 4. The lowest BCUT2D eigenvalue weighted by Gasteiger charge is -2.06. The van der Waals surface area contributed by atoms with Gasteiger partial charge in [-0.3, -0.25) is 4.57 Å². The third kappa shape index (κ3) is 1.93. The topological polar surface area (TPSA) is 91.4 Å². The van der Waals surface area contributed by atoms with E-state index in [4.69, 9.17) is 16.3 Å². The largest absolute Gasteiger partial charge is 0.326 e. The molecule has 0 unspecified atom stereocenters. The van der Waals surface area contributed by atoms with Crippen molar-refractivity contribution >= 4 is 0 Å². The maximum absolute atomic E-state index is 13.4. The fourth-order valence-electron chi connectivity index (χ4n) is 1.62. The highest BCUT2D eigenvalue weighted by Gasteiger charge is 2.12. The van der Waals surface area contributed by atoms with Crippen LogP contribution in [0.15, 0.2) is 24.5 Å². The molecule has 18 heavy (non-hydrogen) atoms. The van der Waals surface area contributed by atoms with Crippen molar-refractivity contribution in [3.63, 3.8) is 0 Å². The van der Waals surface area contributed by atoms with E-state index in [2.05, 4.69) is 4.98 Å². The molecule has 6 heteroatoms. The van der Waals surface area contributed by atoms with Gasteiger partial charge in [-0.25, -0.2) is 9.37 Å². The lowest BCUT2D eigenvalue weighted by Crippen LogP contribution is -2.02. The van der Waals surface area contributed by atoms with Crippen LogP contribution in [0.3, 0.4) is 0 Å². The third-order valence-corrected chi connectivity index (χ3v) is 2.44. The molecule has 5 nitrogen and oxygen atoms in total. The van der Waals surface area contributed by atoms with Crippen LogP contribution in [0.4, 0.5) is 4.39 Å². The van der Waals surface area contributed by atoms with Crippen LogP contribution in [0, 0.1) is 28.5 Å². The number of aromatic nitrogens is 2. The Kier molecular flexibility index (Phi) is 3.05. The smallest absolute Gasteiger partial charge is 0.177 e. The average Bonchev–Trinajstić information content (AvgIpc) is 2.80. The van der Waals surface area contributed by atoms with Gasteiger partial charge in [0, 0.05) is 6.54 Å². The van der Waals surface area contributed by atoms with Crippen LogP contribution < -0.4 is 5.73 Å². The molecule has 0 atom stereocenters. The summed E-state index contributed by atoms with van der Waals surface area (Å²) in [6.45, 7) is 0.187. The first kappa shape index (κ1) is 11.8. The maximum Gasteiger partial charge on any atom is 0.177 e. The Hall–Kier alpha value is -2.70. The fourth-order valence-corrected chi connectivity index (χ4v) is 1.62. The van der Waals surface area contributed by atoms with Crippen molar-refractivity contribution in [1.29, 1.82) is 10.5 Å². The Morgan fingerprint density at radius 3 is 2.67 bits per heavy atom. The van der Waals surface area contributed by atoms with Gasteiger partial charge in [0.2, 0.25) is 0 Å². The van der Waals surface area contributed by atoms with E-state index >= 15 is 0 Å². The molecule has 2 aromatic rings. The molecule has 0 aliphatic carbocycles. The van der Waals surface area contributed by atoms with Gasteiger partial charge < -0.3 is 5.73 Å². The monoisotopic (exact) mass is 241 g/mol. The number of nitrogens with two attached hydrogens (primary N) is 1. The summed E-state index contributed by atoms with van der Waals surface area (Å²) in [5.41, 5.74) is 6.56. The zero-order valence-corrected chi connectivity index (χ0v) is 9.26. The van der Waals surface area contributed by atoms with Gasteiger partial charge in [-0.05, 0) is 23.8 Å². The Morgan fingerprint density at radius 2 is 2.06 bits per heavy atom. The lowest BCUT2D eigenvalue weighted by molar-refractivity contribution is 0.624. The minimum atomic E-state index is -0.455. The highest BCUT2D eigenvalue weighted by Crippen LogP contribution is 2.17. The number of imidazole rings is 1. The second kappa shape index (κ2) is 4.66. The van der Waals surface area contributed by atoms with Gasteiger partial charge in [0.05, 0.1) is 5.69 Å². The second-order valence-electron chi connectivity index (χ2n) is 3.56. The van der Waals surface area contributed by atoms with E-state index in [1.54, 1.807) is 12.1 Å². The number of nitrogens with zero attached hydrogens (tertiary/aromatic N) is 4. The van der Waals surface area contributed by atoms with Crippen LogP contribution in [-0.2, 0) is 6.54 Å². The summed E-state index contributed by atoms with van der Waals surface area (Å²) in [5, 5.41) is 17.8. The summed E-state index contributed by atoms with van der Waals surface area (Å²) < 4.78 is 14.7. The van der Waals surface area contributed by atoms with Crippen LogP contribution in [0.5, 0.6) is 0 Å². The van der Waals surface area contributed by atoms with Gasteiger partial charge in [0.25, 0.3) is 0 Å². The Balaban J connectivity index is 2.63. The molecule has 88 valence electrons. The number of rotatable bonds is 2. The van der Waals surface area contributed by atoms with Gasteiger partial charge >= 0.3 is 0 Å². The quantitative estimate of drug-likeness (QED) is 0.855. The molecule has 0 spiro atoms. The van der Waals surface area contributed by atoms with Crippen LogP contribution in [0.2, 0.25) is 0 Å². The number of halogens is 1. The first-order chi connectivity index (χ1) is 8.69. The molecule has 1 aromatic carbocycles. The molecule has 0 bridgehead atoms. The molecular formula is C12H8FN5. The Labute approximate surface area is 103 Å². The molecule has 0 radical (unpaired) electrons. The van der Waals surface area contributed by atoms with Gasteiger partial charge in [0.1, 0.15) is 24.3 Å². The SMILES string of the molecule is N#Cc1ncn(-c2cc(F)cc(CN)c2)c1C#N. The van der Waals surface area contributed by atoms with E-state index in [-0.39, 0.29) is 17.9 Å². The van der Waals surface area contributed by atoms with Gasteiger partial charge in [-0.2, -0.15) is 10.5 Å². The average molecular weight is 241 g/mol. The van der Waals surface area contributed by atoms with Crippen LogP contribution in [0.25, 0.3) is 5.69 Å². The zero-order valence-electron chi connectivity index (χ0n) is 9.26. The first-order valence-electron chi connectivity index (χ1n) is 5.07. The summed E-state index contributed by atoms with van der Waals surface area (Å²) in [4.78, 5) is 3.79. The second-order valence-corrected chi connectivity index (χ2v) is 3.56. The van der Waals surface area contributed by atoms with Crippen molar-refractivity contribution in [3.8, 4) is 17.8 Å². The van der Waals surface area contributed by atoms with Crippen LogP contribution in [-0.4, -0.2) is 9.55 Å². The molecule has 0 saturated heterocycles. The van der Waals surface area contributed by atoms with E-state index < -0.39 is 5.82 Å². The molecule has 0 amide bonds. The van der Waals surface area contributed by atoms with E-state index in [1.807, 2.05) is 6.07 Å². The van der Waals surface area contributed by atoms with E-state index in [0.717, 1.165) is 0 Å². The van der Waals surface area contributed by atoms with Crippen LogP contribution >= 0.6 is 0 Å². The summed E-state index contributed by atoms with van der Waals surface area (Å²) in [7, 11) is 0. The normalized spacial score (nSPS) is 9.78. The molecule has 0 saturated carbocycles. The molecule has 1 aromatic heterocycles. The molecule has 1 heterocycles. The van der Waals surface area contributed by atoms with E-state index in [9.17, 15) is 4.39 Å². The van der Waals surface area contributed by atoms with Crippen molar-refractivity contribution in [3.05, 3.63) is 47.3 Å². The number of benzene rings is 1. The van der Waals surface area contributed by atoms with Gasteiger partial charge in [-0.15, -0.1) is 0 Å². The van der Waals surface area contributed by atoms with Crippen LogP contribution in [0.1, 0.15) is 17.0 Å². The summed E-state index contributed by atoms with van der Waals surface area (Å²) in [6.07, 6.45) is 1.31. The van der Waals surface area contributed by atoms with Crippen molar-refractivity contribution in [2.75, 3.05) is 0 Å².